The maximum absolute atomic E-state index is 4.61. The molecule has 0 aromatic heterocycles. The molecule has 0 aliphatic heterocycles. The molecule has 0 aliphatic rings. The van der Waals surface area contributed by atoms with Crippen molar-refractivity contribution in [3.63, 3.8) is 0 Å². The van der Waals surface area contributed by atoms with Gasteiger partial charge < -0.3 is 8.85 Å². The number of rotatable bonds is 2. The van der Waals surface area contributed by atoms with Crippen molar-refractivity contribution in [2.45, 2.75) is 0 Å². The van der Waals surface area contributed by atoms with E-state index in [1.54, 1.807) is 14.2 Å². The summed E-state index contributed by atoms with van der Waals surface area (Å²) in [7, 11) is 2.73. The van der Waals surface area contributed by atoms with Crippen LogP contribution in [0.15, 0.2) is 0 Å². The molecule has 0 unspecified atom stereocenters. The fourth-order valence-corrected chi connectivity index (χ4v) is 0.354. The molecule has 0 saturated carbocycles. The van der Waals surface area contributed by atoms with Crippen LogP contribution in [0.3, 0.4) is 0 Å². The molecule has 0 aromatic carbocycles. The van der Waals surface area contributed by atoms with E-state index in [4.69, 9.17) is 0 Å². The fraction of sp³-hybridized carbons (Fsp3) is 1.00. The third kappa shape index (κ3) is 19.2. The van der Waals surface area contributed by atoms with Crippen molar-refractivity contribution < 1.29 is 8.85 Å². The highest BCUT2D eigenvalue weighted by Gasteiger charge is 1.67. The average Bonchev–Trinajstić information content (AvgIpc) is 1.41. The SMILES string of the molecule is Br.Br.CO[SiH2]OC. The van der Waals surface area contributed by atoms with E-state index in [-0.39, 0.29) is 34.0 Å². The van der Waals surface area contributed by atoms with Gasteiger partial charge in [-0.1, -0.05) is 0 Å². The molecular formula is C2H10Br2O2Si. The summed E-state index contributed by atoms with van der Waals surface area (Å²) >= 11 is 0. The van der Waals surface area contributed by atoms with Crippen molar-refractivity contribution >= 4 is 44.0 Å². The highest BCUT2D eigenvalue weighted by molar-refractivity contribution is 8.93. The van der Waals surface area contributed by atoms with E-state index in [1.807, 2.05) is 0 Å². The van der Waals surface area contributed by atoms with Crippen LogP contribution in [0.2, 0.25) is 0 Å². The average molecular weight is 254 g/mol. The summed E-state index contributed by atoms with van der Waals surface area (Å²) < 4.78 is 9.22. The van der Waals surface area contributed by atoms with E-state index in [1.165, 1.54) is 0 Å². The minimum absolute atomic E-state index is 0. The molecule has 0 radical (unpaired) electrons. The molecule has 2 nitrogen and oxygen atoms in total. The predicted molar refractivity (Wildman–Crippen MR) is 43.2 cm³/mol. The van der Waals surface area contributed by atoms with Crippen LogP contribution in [0.1, 0.15) is 0 Å². The highest BCUT2D eigenvalue weighted by Crippen LogP contribution is 1.55. The Balaban J connectivity index is -0.0000000800. The van der Waals surface area contributed by atoms with Gasteiger partial charge in [-0.15, -0.1) is 34.0 Å². The summed E-state index contributed by atoms with van der Waals surface area (Å²) in [5.74, 6) is 0. The minimum Gasteiger partial charge on any atom is -0.402 e. The summed E-state index contributed by atoms with van der Waals surface area (Å²) in [4.78, 5) is 0. The maximum Gasteiger partial charge on any atom is 0.303 e. The lowest BCUT2D eigenvalue weighted by Crippen LogP contribution is -1.93. The zero-order chi connectivity index (χ0) is 4.12. The summed E-state index contributed by atoms with van der Waals surface area (Å²) in [6.07, 6.45) is 0. The summed E-state index contributed by atoms with van der Waals surface area (Å²) in [5.41, 5.74) is 0. The summed E-state index contributed by atoms with van der Waals surface area (Å²) in [6.45, 7) is 0. The van der Waals surface area contributed by atoms with Crippen molar-refractivity contribution in [2.24, 2.45) is 0 Å². The largest absolute Gasteiger partial charge is 0.402 e. The van der Waals surface area contributed by atoms with Crippen LogP contribution in [-0.2, 0) is 8.85 Å². The van der Waals surface area contributed by atoms with Crippen LogP contribution in [0.5, 0.6) is 0 Å². The Labute approximate surface area is 67.2 Å². The predicted octanol–water partition coefficient (Wildman–Crippen LogP) is 0.434. The van der Waals surface area contributed by atoms with Gasteiger partial charge in [0.25, 0.3) is 0 Å². The Hall–Kier alpha value is 1.10. The van der Waals surface area contributed by atoms with E-state index in [2.05, 4.69) is 8.85 Å². The lowest BCUT2D eigenvalue weighted by Gasteiger charge is -1.86. The van der Waals surface area contributed by atoms with Gasteiger partial charge in [-0.2, -0.15) is 0 Å². The molecule has 0 saturated heterocycles. The maximum atomic E-state index is 4.61. The van der Waals surface area contributed by atoms with E-state index in [9.17, 15) is 0 Å². The molecular weight excluding hydrogens is 244 g/mol. The Morgan fingerprint density at radius 1 is 1.00 bits per heavy atom. The molecule has 0 spiro atoms. The minimum atomic E-state index is -0.568. The van der Waals surface area contributed by atoms with Gasteiger partial charge in [0.15, 0.2) is 0 Å². The van der Waals surface area contributed by atoms with Gasteiger partial charge in [0.1, 0.15) is 0 Å². The van der Waals surface area contributed by atoms with Crippen molar-refractivity contribution in [1.29, 1.82) is 0 Å². The molecule has 7 heavy (non-hydrogen) atoms. The van der Waals surface area contributed by atoms with E-state index >= 15 is 0 Å². The third-order valence-corrected chi connectivity index (χ3v) is 0.707. The van der Waals surface area contributed by atoms with Crippen LogP contribution in [0.25, 0.3) is 0 Å². The van der Waals surface area contributed by atoms with Crippen molar-refractivity contribution in [1.82, 2.24) is 0 Å². The van der Waals surface area contributed by atoms with Gasteiger partial charge in [0.2, 0.25) is 0 Å². The van der Waals surface area contributed by atoms with Crippen molar-refractivity contribution in [3.8, 4) is 0 Å². The van der Waals surface area contributed by atoms with Crippen molar-refractivity contribution in [2.75, 3.05) is 14.2 Å². The quantitative estimate of drug-likeness (QED) is 0.665. The van der Waals surface area contributed by atoms with E-state index < -0.39 is 10.0 Å². The van der Waals surface area contributed by atoms with Crippen LogP contribution in [-0.4, -0.2) is 24.2 Å². The normalized spacial score (nSPS) is 6.00. The molecule has 0 N–H and O–H groups in total. The summed E-state index contributed by atoms with van der Waals surface area (Å²) in [6, 6.07) is 0. The first-order chi connectivity index (χ1) is 2.41. The molecule has 0 amide bonds. The first-order valence-corrected chi connectivity index (χ1v) is 2.55. The lowest BCUT2D eigenvalue weighted by molar-refractivity contribution is 0.309. The van der Waals surface area contributed by atoms with E-state index in [0.717, 1.165) is 0 Å². The molecule has 0 bridgehead atoms. The zero-order valence-corrected chi connectivity index (χ0v) is 9.18. The standard InChI is InChI=1S/C2H8O2Si.2BrH/c1-3-5-4-2;;/h5H2,1-2H3;2*1H. The van der Waals surface area contributed by atoms with Crippen LogP contribution in [0.4, 0.5) is 0 Å². The molecule has 0 atom stereocenters. The molecule has 0 heterocycles. The number of hydrogen-bond donors (Lipinski definition) is 0. The fourth-order valence-electron chi connectivity index (χ4n) is 0.118. The second kappa shape index (κ2) is 15.7. The molecule has 0 aromatic rings. The lowest BCUT2D eigenvalue weighted by atomic mass is 11.8. The third-order valence-electron chi connectivity index (χ3n) is 0.236. The van der Waals surface area contributed by atoms with Gasteiger partial charge in [-0.05, 0) is 0 Å². The van der Waals surface area contributed by atoms with Crippen LogP contribution in [0, 0.1) is 0 Å². The molecule has 0 aliphatic carbocycles. The smallest absolute Gasteiger partial charge is 0.303 e. The topological polar surface area (TPSA) is 18.5 Å². The van der Waals surface area contributed by atoms with Gasteiger partial charge in [0, 0.05) is 14.2 Å². The van der Waals surface area contributed by atoms with Gasteiger partial charge in [-0.3, -0.25) is 0 Å². The number of hydrogen-bond acceptors (Lipinski definition) is 2. The van der Waals surface area contributed by atoms with Crippen molar-refractivity contribution in [3.05, 3.63) is 0 Å². The van der Waals surface area contributed by atoms with Crippen LogP contribution < -0.4 is 0 Å². The monoisotopic (exact) mass is 252 g/mol. The highest BCUT2D eigenvalue weighted by atomic mass is 79.9. The number of halogens is 2. The Bertz CT molecular complexity index is 21.2. The zero-order valence-electron chi connectivity index (χ0n) is 4.34. The molecule has 0 rings (SSSR count). The first-order valence-electron chi connectivity index (χ1n) is 1.39. The Kier molecular flexibility index (Phi) is 35.2. The molecule has 0 fully saturated rings. The Morgan fingerprint density at radius 3 is 1.29 bits per heavy atom. The molecule has 5 heteroatoms. The van der Waals surface area contributed by atoms with Gasteiger partial charge in [0.05, 0.1) is 0 Å². The first kappa shape index (κ1) is 15.7. The van der Waals surface area contributed by atoms with Crippen LogP contribution >= 0.6 is 34.0 Å². The van der Waals surface area contributed by atoms with E-state index in [0.29, 0.717) is 0 Å². The Morgan fingerprint density at radius 2 is 1.29 bits per heavy atom. The second-order valence-electron chi connectivity index (χ2n) is 0.695. The second-order valence-corrected chi connectivity index (χ2v) is 2.09. The van der Waals surface area contributed by atoms with Gasteiger partial charge in [-0.25, -0.2) is 0 Å². The summed E-state index contributed by atoms with van der Waals surface area (Å²) in [5, 5.41) is 0. The molecule has 48 valence electrons. The van der Waals surface area contributed by atoms with Gasteiger partial charge >= 0.3 is 10.0 Å².